The summed E-state index contributed by atoms with van der Waals surface area (Å²) in [5.41, 5.74) is 1.76. The van der Waals surface area contributed by atoms with E-state index in [2.05, 4.69) is 52.3 Å². The topological polar surface area (TPSA) is 40.5 Å². The molecule has 0 aliphatic carbocycles. The summed E-state index contributed by atoms with van der Waals surface area (Å²) in [6.45, 7) is 18.3. The van der Waals surface area contributed by atoms with Crippen LogP contribution < -0.4 is 0 Å². The normalized spacial score (nSPS) is 12.7. The molecule has 23 heavy (non-hydrogen) atoms. The van der Waals surface area contributed by atoms with Crippen LogP contribution in [0.5, 0.6) is 0 Å². The summed E-state index contributed by atoms with van der Waals surface area (Å²) >= 11 is 0. The summed E-state index contributed by atoms with van der Waals surface area (Å²) in [7, 11) is -1.73. The van der Waals surface area contributed by atoms with Gasteiger partial charge in [-0.15, -0.1) is 0 Å². The molecule has 0 amide bonds. The molecule has 0 aliphatic heterocycles. The summed E-state index contributed by atoms with van der Waals surface area (Å²) in [5.74, 6) is -0.252. The van der Waals surface area contributed by atoms with Crippen LogP contribution in [0.3, 0.4) is 0 Å². The number of hydrogen-bond donors (Lipinski definition) is 0. The first-order chi connectivity index (χ1) is 10.5. The summed E-state index contributed by atoms with van der Waals surface area (Å²) in [6, 6.07) is 4.09. The van der Waals surface area contributed by atoms with E-state index in [9.17, 15) is 4.79 Å². The number of carbonyl (C=O) groups excluding carboxylic acids is 1. The Balaban J connectivity index is 2.84. The molecular weight excluding hydrogens is 306 g/mol. The second-order valence-electron chi connectivity index (χ2n) is 7.75. The molecule has 0 bridgehead atoms. The van der Waals surface area contributed by atoms with Crippen LogP contribution in [-0.4, -0.2) is 32.1 Å². The Hall–Kier alpha value is -1.07. The Morgan fingerprint density at radius 2 is 1.87 bits per heavy atom. The van der Waals surface area contributed by atoms with Crippen molar-refractivity contribution >= 4 is 14.3 Å². The van der Waals surface area contributed by atoms with Gasteiger partial charge < -0.3 is 13.7 Å². The van der Waals surface area contributed by atoms with Crippen molar-refractivity contribution in [3.8, 4) is 0 Å². The smallest absolute Gasteiger partial charge is 0.354 e. The maximum absolute atomic E-state index is 12.1. The van der Waals surface area contributed by atoms with Gasteiger partial charge in [0.15, 0.2) is 8.32 Å². The number of esters is 1. The highest BCUT2D eigenvalue weighted by Gasteiger charge is 2.36. The van der Waals surface area contributed by atoms with E-state index in [-0.39, 0.29) is 17.0 Å². The molecule has 1 heterocycles. The van der Waals surface area contributed by atoms with Gasteiger partial charge >= 0.3 is 5.97 Å². The van der Waals surface area contributed by atoms with Crippen molar-refractivity contribution in [3.05, 3.63) is 23.5 Å². The standard InChI is InChI=1S/C18H33NO3Si/c1-9-21-17(20)16-11-10-15(19(16)14(2)3)12-13-22-23(7,8)18(4,5)6/h10-11,14H,9,12-13H2,1-8H3. The van der Waals surface area contributed by atoms with Crippen LogP contribution in [0.4, 0.5) is 0 Å². The van der Waals surface area contributed by atoms with Crippen molar-refractivity contribution in [2.75, 3.05) is 13.2 Å². The quantitative estimate of drug-likeness (QED) is 0.529. The van der Waals surface area contributed by atoms with Gasteiger partial charge in [-0.05, 0) is 51.0 Å². The van der Waals surface area contributed by atoms with Crippen molar-refractivity contribution in [2.45, 2.75) is 72.1 Å². The molecule has 0 aromatic carbocycles. The largest absolute Gasteiger partial charge is 0.461 e. The fourth-order valence-electron chi connectivity index (χ4n) is 2.30. The third-order valence-corrected chi connectivity index (χ3v) is 9.17. The maximum atomic E-state index is 12.1. The zero-order valence-corrected chi connectivity index (χ0v) is 17.0. The molecule has 0 unspecified atom stereocenters. The number of ether oxygens (including phenoxy) is 1. The minimum absolute atomic E-state index is 0.211. The van der Waals surface area contributed by atoms with Gasteiger partial charge in [0.05, 0.1) is 6.61 Å². The van der Waals surface area contributed by atoms with Crippen LogP contribution in [-0.2, 0) is 15.6 Å². The third-order valence-electron chi connectivity index (χ3n) is 4.63. The van der Waals surface area contributed by atoms with Crippen LogP contribution >= 0.6 is 0 Å². The Morgan fingerprint density at radius 1 is 1.26 bits per heavy atom. The van der Waals surface area contributed by atoms with Gasteiger partial charge in [0, 0.05) is 24.8 Å². The van der Waals surface area contributed by atoms with E-state index in [0.29, 0.717) is 18.9 Å². The van der Waals surface area contributed by atoms with Crippen LogP contribution in [0.2, 0.25) is 18.1 Å². The van der Waals surface area contributed by atoms with Crippen molar-refractivity contribution < 1.29 is 14.0 Å². The lowest BCUT2D eigenvalue weighted by atomic mass is 10.2. The zero-order chi connectivity index (χ0) is 17.8. The molecule has 0 N–H and O–H groups in total. The number of nitrogens with zero attached hydrogens (tertiary/aromatic N) is 1. The van der Waals surface area contributed by atoms with Gasteiger partial charge in [0.2, 0.25) is 0 Å². The molecule has 1 rings (SSSR count). The first-order valence-electron chi connectivity index (χ1n) is 8.52. The van der Waals surface area contributed by atoms with Crippen LogP contribution in [0.25, 0.3) is 0 Å². The molecule has 5 heteroatoms. The Labute approximate surface area is 142 Å². The van der Waals surface area contributed by atoms with Crippen molar-refractivity contribution in [1.82, 2.24) is 4.57 Å². The number of carbonyl (C=O) groups is 1. The fraction of sp³-hybridized carbons (Fsp3) is 0.722. The Morgan fingerprint density at radius 3 is 2.35 bits per heavy atom. The number of rotatable bonds is 7. The van der Waals surface area contributed by atoms with Crippen LogP contribution in [0.15, 0.2) is 12.1 Å². The van der Waals surface area contributed by atoms with Gasteiger partial charge in [-0.3, -0.25) is 0 Å². The molecule has 0 fully saturated rings. The van der Waals surface area contributed by atoms with Crippen molar-refractivity contribution in [1.29, 1.82) is 0 Å². The fourth-order valence-corrected chi connectivity index (χ4v) is 3.35. The molecule has 4 nitrogen and oxygen atoms in total. The molecule has 1 aromatic rings. The summed E-state index contributed by atoms with van der Waals surface area (Å²) in [5, 5.41) is 0.211. The summed E-state index contributed by atoms with van der Waals surface area (Å²) in [4.78, 5) is 12.1. The highest BCUT2D eigenvalue weighted by Crippen LogP contribution is 2.36. The molecule has 1 aromatic heterocycles. The first-order valence-corrected chi connectivity index (χ1v) is 11.4. The second kappa shape index (κ2) is 7.66. The SMILES string of the molecule is CCOC(=O)c1ccc(CCO[Si](C)(C)C(C)(C)C)n1C(C)C. The highest BCUT2D eigenvalue weighted by molar-refractivity contribution is 6.74. The number of aromatic nitrogens is 1. The predicted molar refractivity (Wildman–Crippen MR) is 97.6 cm³/mol. The van der Waals surface area contributed by atoms with Crippen molar-refractivity contribution in [3.63, 3.8) is 0 Å². The molecule has 132 valence electrons. The molecule has 0 atom stereocenters. The summed E-state index contributed by atoms with van der Waals surface area (Å²) < 4.78 is 13.5. The number of hydrogen-bond acceptors (Lipinski definition) is 3. The van der Waals surface area contributed by atoms with Gasteiger partial charge in [0.25, 0.3) is 0 Å². The van der Waals surface area contributed by atoms with Gasteiger partial charge in [-0.1, -0.05) is 20.8 Å². The van der Waals surface area contributed by atoms with Crippen LogP contribution in [0, 0.1) is 0 Å². The lowest BCUT2D eigenvalue weighted by Crippen LogP contribution is -2.41. The van der Waals surface area contributed by atoms with Gasteiger partial charge in [-0.2, -0.15) is 0 Å². The van der Waals surface area contributed by atoms with Gasteiger partial charge in [0.1, 0.15) is 5.69 Å². The molecule has 0 radical (unpaired) electrons. The minimum Gasteiger partial charge on any atom is -0.461 e. The van der Waals surface area contributed by atoms with E-state index >= 15 is 0 Å². The Kier molecular flexibility index (Phi) is 6.66. The zero-order valence-electron chi connectivity index (χ0n) is 16.0. The van der Waals surface area contributed by atoms with Crippen LogP contribution in [0.1, 0.15) is 63.8 Å². The third kappa shape index (κ3) is 4.95. The van der Waals surface area contributed by atoms with E-state index in [1.54, 1.807) is 0 Å². The highest BCUT2D eigenvalue weighted by atomic mass is 28.4. The molecule has 0 spiro atoms. The molecule has 0 saturated carbocycles. The van der Waals surface area contributed by atoms with Crippen molar-refractivity contribution in [2.24, 2.45) is 0 Å². The lowest BCUT2D eigenvalue weighted by molar-refractivity contribution is 0.0511. The first kappa shape index (κ1) is 20.0. The second-order valence-corrected chi connectivity index (χ2v) is 12.6. The molecule has 0 aliphatic rings. The van der Waals surface area contributed by atoms with E-state index in [0.717, 1.165) is 12.1 Å². The lowest BCUT2D eigenvalue weighted by Gasteiger charge is -2.36. The predicted octanol–water partition coefficient (Wildman–Crippen LogP) is 4.81. The van der Waals surface area contributed by atoms with E-state index in [1.807, 2.05) is 19.1 Å². The minimum atomic E-state index is -1.73. The average molecular weight is 340 g/mol. The monoisotopic (exact) mass is 339 g/mol. The summed E-state index contributed by atoms with van der Waals surface area (Å²) in [6.07, 6.45) is 0.810. The van der Waals surface area contributed by atoms with E-state index < -0.39 is 8.32 Å². The van der Waals surface area contributed by atoms with Gasteiger partial charge in [-0.25, -0.2) is 4.79 Å². The van der Waals surface area contributed by atoms with E-state index in [1.165, 1.54) is 0 Å². The average Bonchev–Trinajstić information content (AvgIpc) is 2.81. The Bertz CT molecular complexity index is 527. The molecule has 0 saturated heterocycles. The van der Waals surface area contributed by atoms with E-state index in [4.69, 9.17) is 9.16 Å². The molecular formula is C18H33NO3Si. The maximum Gasteiger partial charge on any atom is 0.354 e.